The van der Waals surface area contributed by atoms with E-state index in [9.17, 15) is 19.2 Å². The largest absolute Gasteiger partial charge is 0.353 e. The molecule has 0 spiro atoms. The smallest absolute Gasteiger partial charge is 0.329 e. The highest BCUT2D eigenvalue weighted by atomic mass is 16.2. The summed E-state index contributed by atoms with van der Waals surface area (Å²) in [4.78, 5) is 47.6. The number of amides is 1. The fraction of sp³-hybridized carbons (Fsp3) is 0.333. The summed E-state index contributed by atoms with van der Waals surface area (Å²) < 4.78 is 2.60. The number of rotatable bonds is 3. The van der Waals surface area contributed by atoms with Crippen molar-refractivity contribution >= 4 is 29.0 Å². The lowest BCUT2D eigenvalue weighted by Crippen LogP contribution is -2.46. The zero-order chi connectivity index (χ0) is 15.9. The number of Topliss-reactive ketones (excluding diaryl/α,β-unsaturated/α-hetero) is 1. The van der Waals surface area contributed by atoms with Crippen LogP contribution in [0.4, 0.5) is 0 Å². The standard InChI is InChI=1S/C15H15N3O4/c1-17-12-9(6-8-19)3-2-4-10(12)18(15(17)22)13-11(20)5-7-16-14(13)21/h2-4,8,13H,5-7H2,1H3,(H,16,21). The molecule has 0 saturated carbocycles. The molecule has 114 valence electrons. The molecule has 1 aromatic carbocycles. The van der Waals surface area contributed by atoms with E-state index in [0.717, 1.165) is 6.29 Å². The van der Waals surface area contributed by atoms with Gasteiger partial charge in [-0.3, -0.25) is 18.7 Å². The van der Waals surface area contributed by atoms with Crippen LogP contribution in [0.2, 0.25) is 0 Å². The molecule has 1 aromatic heterocycles. The van der Waals surface area contributed by atoms with E-state index in [1.807, 2.05) is 0 Å². The number of carbonyl (C=O) groups excluding carboxylic acids is 3. The van der Waals surface area contributed by atoms with Crippen molar-refractivity contribution in [2.75, 3.05) is 6.54 Å². The van der Waals surface area contributed by atoms with Crippen molar-refractivity contribution in [2.45, 2.75) is 18.9 Å². The van der Waals surface area contributed by atoms with Gasteiger partial charge in [0.25, 0.3) is 5.91 Å². The minimum absolute atomic E-state index is 0.166. The second-order valence-electron chi connectivity index (χ2n) is 5.28. The van der Waals surface area contributed by atoms with Crippen LogP contribution in [0.3, 0.4) is 0 Å². The third-order valence-electron chi connectivity index (χ3n) is 3.97. The monoisotopic (exact) mass is 301 g/mol. The molecule has 7 nitrogen and oxygen atoms in total. The summed E-state index contributed by atoms with van der Waals surface area (Å²) in [5.41, 5.74) is 1.31. The van der Waals surface area contributed by atoms with E-state index >= 15 is 0 Å². The molecular formula is C15H15N3O4. The van der Waals surface area contributed by atoms with Crippen LogP contribution in [-0.4, -0.2) is 33.7 Å². The number of carbonyl (C=O) groups is 3. The van der Waals surface area contributed by atoms with E-state index in [2.05, 4.69) is 5.32 Å². The molecule has 1 saturated heterocycles. The first-order valence-electron chi connectivity index (χ1n) is 6.99. The molecule has 7 heteroatoms. The average Bonchev–Trinajstić information content (AvgIpc) is 2.74. The minimum Gasteiger partial charge on any atom is -0.353 e. The van der Waals surface area contributed by atoms with Gasteiger partial charge in [-0.15, -0.1) is 0 Å². The number of benzene rings is 1. The van der Waals surface area contributed by atoms with Gasteiger partial charge in [0, 0.05) is 26.4 Å². The van der Waals surface area contributed by atoms with Crippen molar-refractivity contribution in [2.24, 2.45) is 7.05 Å². The summed E-state index contributed by atoms with van der Waals surface area (Å²) in [6.45, 7) is 0.296. The van der Waals surface area contributed by atoms with Gasteiger partial charge in [0.15, 0.2) is 11.8 Å². The highest BCUT2D eigenvalue weighted by Crippen LogP contribution is 2.23. The van der Waals surface area contributed by atoms with Crippen LogP contribution in [0.15, 0.2) is 23.0 Å². The van der Waals surface area contributed by atoms with Gasteiger partial charge in [-0.05, 0) is 11.6 Å². The Kier molecular flexibility index (Phi) is 3.40. The van der Waals surface area contributed by atoms with Gasteiger partial charge < -0.3 is 10.1 Å². The first-order valence-corrected chi connectivity index (χ1v) is 6.99. The number of nitrogens with zero attached hydrogens (tertiary/aromatic N) is 2. The molecule has 1 amide bonds. The highest BCUT2D eigenvalue weighted by molar-refractivity contribution is 6.06. The molecule has 22 heavy (non-hydrogen) atoms. The third-order valence-corrected chi connectivity index (χ3v) is 3.97. The number of hydrogen-bond acceptors (Lipinski definition) is 4. The van der Waals surface area contributed by atoms with Crippen LogP contribution in [-0.2, 0) is 27.9 Å². The minimum atomic E-state index is -1.14. The summed E-state index contributed by atoms with van der Waals surface area (Å²) in [5.74, 6) is -0.745. The van der Waals surface area contributed by atoms with Crippen LogP contribution in [0, 0.1) is 0 Å². The highest BCUT2D eigenvalue weighted by Gasteiger charge is 2.34. The zero-order valence-electron chi connectivity index (χ0n) is 12.0. The normalized spacial score (nSPS) is 18.5. The molecule has 1 atom stereocenters. The number of imidazole rings is 1. The van der Waals surface area contributed by atoms with Crippen LogP contribution in [0.25, 0.3) is 11.0 Å². The lowest BCUT2D eigenvalue weighted by molar-refractivity contribution is -0.135. The Morgan fingerprint density at radius 1 is 1.32 bits per heavy atom. The summed E-state index contributed by atoms with van der Waals surface area (Å²) in [6.07, 6.45) is 1.13. The molecule has 2 aromatic rings. The Hall–Kier alpha value is -2.70. The van der Waals surface area contributed by atoms with Gasteiger partial charge in [0.05, 0.1) is 11.0 Å². The number of aromatic nitrogens is 2. The molecule has 3 rings (SSSR count). The summed E-state index contributed by atoms with van der Waals surface area (Å²) in [6, 6.07) is 4.00. The summed E-state index contributed by atoms with van der Waals surface area (Å²) in [7, 11) is 1.57. The Morgan fingerprint density at radius 3 is 2.77 bits per heavy atom. The Bertz CT molecular complexity index is 830. The van der Waals surface area contributed by atoms with Crippen molar-refractivity contribution in [3.05, 3.63) is 34.2 Å². The molecule has 0 bridgehead atoms. The Labute approximate surface area is 125 Å². The van der Waals surface area contributed by atoms with Gasteiger partial charge in [0.2, 0.25) is 0 Å². The maximum absolute atomic E-state index is 12.5. The fourth-order valence-electron chi connectivity index (χ4n) is 2.97. The fourth-order valence-corrected chi connectivity index (χ4v) is 2.97. The lowest BCUT2D eigenvalue weighted by atomic mass is 10.0. The molecule has 1 aliphatic rings. The van der Waals surface area contributed by atoms with Gasteiger partial charge in [-0.2, -0.15) is 0 Å². The van der Waals surface area contributed by atoms with Gasteiger partial charge in [0.1, 0.15) is 6.29 Å². The van der Waals surface area contributed by atoms with Crippen molar-refractivity contribution in [1.82, 2.24) is 14.5 Å². The predicted molar refractivity (Wildman–Crippen MR) is 78.6 cm³/mol. The van der Waals surface area contributed by atoms with E-state index in [1.54, 1.807) is 25.2 Å². The first-order chi connectivity index (χ1) is 10.6. The van der Waals surface area contributed by atoms with Crippen LogP contribution < -0.4 is 11.0 Å². The van der Waals surface area contributed by atoms with E-state index in [4.69, 9.17) is 0 Å². The van der Waals surface area contributed by atoms with Crippen LogP contribution >= 0.6 is 0 Å². The van der Waals surface area contributed by atoms with Crippen LogP contribution in [0.1, 0.15) is 18.0 Å². The maximum Gasteiger partial charge on any atom is 0.329 e. The molecule has 2 heterocycles. The van der Waals surface area contributed by atoms with Crippen molar-refractivity contribution in [3.8, 4) is 0 Å². The summed E-state index contributed by atoms with van der Waals surface area (Å²) in [5, 5.41) is 2.62. The number of hydrogen-bond donors (Lipinski definition) is 1. The average molecular weight is 301 g/mol. The SMILES string of the molecule is Cn1c(=O)n(C2C(=O)CCNC2=O)c2cccc(CC=O)c21. The second kappa shape index (κ2) is 5.25. The quantitative estimate of drug-likeness (QED) is 0.623. The number of fused-ring (bicyclic) bond motifs is 1. The molecule has 1 unspecified atom stereocenters. The number of para-hydroxylation sites is 1. The molecule has 1 N–H and O–H groups in total. The summed E-state index contributed by atoms with van der Waals surface area (Å²) >= 11 is 0. The predicted octanol–water partition coefficient (Wildman–Crippen LogP) is -0.289. The first kappa shape index (κ1) is 14.2. The molecule has 1 fully saturated rings. The van der Waals surface area contributed by atoms with Gasteiger partial charge in [-0.25, -0.2) is 4.79 Å². The van der Waals surface area contributed by atoms with Crippen LogP contribution in [0.5, 0.6) is 0 Å². The topological polar surface area (TPSA) is 90.2 Å². The molecule has 0 aliphatic carbocycles. The number of ketones is 1. The van der Waals surface area contributed by atoms with E-state index < -0.39 is 17.6 Å². The third kappa shape index (κ3) is 1.97. The Balaban J connectivity index is 2.31. The number of piperidine rings is 1. The van der Waals surface area contributed by atoms with E-state index in [1.165, 1.54) is 9.13 Å². The van der Waals surface area contributed by atoms with Crippen molar-refractivity contribution in [1.29, 1.82) is 0 Å². The van der Waals surface area contributed by atoms with E-state index in [-0.39, 0.29) is 18.6 Å². The van der Waals surface area contributed by atoms with Gasteiger partial charge in [-0.1, -0.05) is 12.1 Å². The molecule has 1 aliphatic heterocycles. The number of nitrogens with one attached hydrogen (secondary N) is 1. The number of aldehydes is 1. The second-order valence-corrected chi connectivity index (χ2v) is 5.28. The molecule has 0 radical (unpaired) electrons. The maximum atomic E-state index is 12.5. The number of aryl methyl sites for hydroxylation is 1. The Morgan fingerprint density at radius 2 is 2.09 bits per heavy atom. The van der Waals surface area contributed by atoms with Gasteiger partial charge >= 0.3 is 5.69 Å². The zero-order valence-corrected chi connectivity index (χ0v) is 12.0. The lowest BCUT2D eigenvalue weighted by Gasteiger charge is -2.21. The van der Waals surface area contributed by atoms with E-state index in [0.29, 0.717) is 23.1 Å². The van der Waals surface area contributed by atoms with Crippen molar-refractivity contribution in [3.63, 3.8) is 0 Å². The molecular weight excluding hydrogens is 286 g/mol. The van der Waals surface area contributed by atoms with Crippen molar-refractivity contribution < 1.29 is 14.4 Å².